The summed E-state index contributed by atoms with van der Waals surface area (Å²) in [6, 6.07) is 3.57. The normalized spacial score (nSPS) is 10.4. The van der Waals surface area contributed by atoms with Gasteiger partial charge in [0, 0.05) is 10.9 Å². The van der Waals surface area contributed by atoms with E-state index in [0.717, 1.165) is 24.2 Å². The quantitative estimate of drug-likeness (QED) is 0.711. The van der Waals surface area contributed by atoms with Crippen LogP contribution in [0.1, 0.15) is 18.9 Å². The zero-order chi connectivity index (χ0) is 11.3. The summed E-state index contributed by atoms with van der Waals surface area (Å²) in [5, 5.41) is 1.20. The summed E-state index contributed by atoms with van der Waals surface area (Å²) in [5.41, 5.74) is 1.02. The molecule has 0 aliphatic carbocycles. The fourth-order valence-corrected chi connectivity index (χ4v) is 2.09. The van der Waals surface area contributed by atoms with E-state index in [9.17, 15) is 0 Å². The number of rotatable bonds is 5. The first-order chi connectivity index (χ1) is 7.19. The summed E-state index contributed by atoms with van der Waals surface area (Å²) in [7, 11) is 0. The summed E-state index contributed by atoms with van der Waals surface area (Å²) < 4.78 is 5.49. The van der Waals surface area contributed by atoms with E-state index in [1.54, 1.807) is 6.07 Å². The van der Waals surface area contributed by atoms with Crippen LogP contribution < -0.4 is 4.74 Å². The number of hydrogen-bond acceptors (Lipinski definition) is 1. The number of hydrogen-bond donors (Lipinski definition) is 0. The second kappa shape index (κ2) is 6.47. The van der Waals surface area contributed by atoms with E-state index in [0.29, 0.717) is 22.5 Å². The molecule has 0 amide bonds. The molecule has 1 aromatic carbocycles. The van der Waals surface area contributed by atoms with Crippen LogP contribution in [0.25, 0.3) is 0 Å². The molecule has 0 aromatic heterocycles. The first kappa shape index (κ1) is 13.0. The van der Waals surface area contributed by atoms with Gasteiger partial charge in [-0.25, -0.2) is 0 Å². The van der Waals surface area contributed by atoms with Crippen LogP contribution in [0, 0.1) is 0 Å². The van der Waals surface area contributed by atoms with Crippen molar-refractivity contribution in [1.29, 1.82) is 0 Å². The lowest BCUT2D eigenvalue weighted by atomic mass is 10.1. The molecule has 1 nitrogen and oxygen atoms in total. The molecule has 0 fully saturated rings. The molecule has 0 saturated heterocycles. The van der Waals surface area contributed by atoms with Crippen molar-refractivity contribution in [3.05, 3.63) is 27.7 Å². The van der Waals surface area contributed by atoms with Crippen LogP contribution in [-0.4, -0.2) is 12.5 Å². The molecular weight excluding hydrogens is 254 g/mol. The topological polar surface area (TPSA) is 9.23 Å². The lowest BCUT2D eigenvalue weighted by Gasteiger charge is -2.12. The lowest BCUT2D eigenvalue weighted by molar-refractivity contribution is 0.336. The van der Waals surface area contributed by atoms with Gasteiger partial charge in [0.05, 0.1) is 11.6 Å². The monoisotopic (exact) mass is 266 g/mol. The molecule has 0 bridgehead atoms. The van der Waals surface area contributed by atoms with E-state index in [2.05, 4.69) is 0 Å². The third-order valence-corrected chi connectivity index (χ3v) is 2.72. The minimum absolute atomic E-state index is 0.564. The summed E-state index contributed by atoms with van der Waals surface area (Å²) in [6.07, 6.45) is 1.72. The van der Waals surface area contributed by atoms with Crippen LogP contribution in [0.2, 0.25) is 10.0 Å². The lowest BCUT2D eigenvalue weighted by Crippen LogP contribution is -1.98. The first-order valence-electron chi connectivity index (χ1n) is 4.85. The average molecular weight is 268 g/mol. The molecule has 84 valence electrons. The third-order valence-electron chi connectivity index (χ3n) is 1.95. The summed E-state index contributed by atoms with van der Waals surface area (Å²) in [6.45, 7) is 2.52. The minimum Gasteiger partial charge on any atom is -0.492 e. The highest BCUT2D eigenvalue weighted by Gasteiger charge is 2.09. The van der Waals surface area contributed by atoms with Gasteiger partial charge in [-0.2, -0.15) is 0 Å². The van der Waals surface area contributed by atoms with Crippen molar-refractivity contribution in [3.63, 3.8) is 0 Å². The Balaban J connectivity index is 2.97. The van der Waals surface area contributed by atoms with Crippen molar-refractivity contribution in [2.24, 2.45) is 0 Å². The third kappa shape index (κ3) is 3.75. The Morgan fingerprint density at radius 1 is 1.27 bits per heavy atom. The molecule has 1 aromatic rings. The molecule has 0 aliphatic rings. The Hall–Kier alpha value is -0.110. The Labute approximate surface area is 105 Å². The van der Waals surface area contributed by atoms with E-state index >= 15 is 0 Å². The summed E-state index contributed by atoms with van der Waals surface area (Å²) in [4.78, 5) is 0. The average Bonchev–Trinajstić information content (AvgIpc) is 2.19. The van der Waals surface area contributed by atoms with Gasteiger partial charge < -0.3 is 4.74 Å². The second-order valence-electron chi connectivity index (χ2n) is 3.10. The molecule has 1 rings (SSSR count). The predicted octanol–water partition coefficient (Wildman–Crippen LogP) is 4.56. The molecule has 0 atom stereocenters. The first-order valence-corrected chi connectivity index (χ1v) is 6.14. The van der Waals surface area contributed by atoms with Gasteiger partial charge in [0.1, 0.15) is 5.75 Å². The molecule has 0 saturated carbocycles. The van der Waals surface area contributed by atoms with Gasteiger partial charge in [0.25, 0.3) is 0 Å². The fraction of sp³-hybridized carbons (Fsp3) is 0.455. The second-order valence-corrected chi connectivity index (χ2v) is 4.32. The molecular formula is C11H13Cl3O. The van der Waals surface area contributed by atoms with Gasteiger partial charge in [0.15, 0.2) is 0 Å². The standard InChI is InChI=1S/C11H13Cl3O/c1-2-15-11-8(4-3-5-12)6-9(13)7-10(11)14/h6-7H,2-5H2,1H3. The highest BCUT2D eigenvalue weighted by molar-refractivity contribution is 6.35. The van der Waals surface area contributed by atoms with Crippen LogP contribution in [0.4, 0.5) is 0 Å². The van der Waals surface area contributed by atoms with Crippen molar-refractivity contribution in [3.8, 4) is 5.75 Å². The van der Waals surface area contributed by atoms with Crippen LogP contribution >= 0.6 is 34.8 Å². The molecule has 15 heavy (non-hydrogen) atoms. The van der Waals surface area contributed by atoms with E-state index in [1.165, 1.54) is 0 Å². The molecule has 0 radical (unpaired) electrons. The number of alkyl halides is 1. The van der Waals surface area contributed by atoms with Crippen molar-refractivity contribution in [2.45, 2.75) is 19.8 Å². The largest absolute Gasteiger partial charge is 0.492 e. The number of benzene rings is 1. The Morgan fingerprint density at radius 3 is 2.60 bits per heavy atom. The van der Waals surface area contributed by atoms with Crippen LogP contribution in [0.3, 0.4) is 0 Å². The summed E-state index contributed by atoms with van der Waals surface area (Å²) in [5.74, 6) is 1.35. The number of ether oxygens (including phenoxy) is 1. The smallest absolute Gasteiger partial charge is 0.141 e. The zero-order valence-electron chi connectivity index (χ0n) is 8.53. The Morgan fingerprint density at radius 2 is 2.00 bits per heavy atom. The molecule has 0 unspecified atom stereocenters. The maximum absolute atomic E-state index is 6.05. The zero-order valence-corrected chi connectivity index (χ0v) is 10.8. The highest BCUT2D eigenvalue weighted by atomic mass is 35.5. The van der Waals surface area contributed by atoms with E-state index < -0.39 is 0 Å². The van der Waals surface area contributed by atoms with Crippen molar-refractivity contribution < 1.29 is 4.74 Å². The summed E-state index contributed by atoms with van der Waals surface area (Å²) >= 11 is 17.6. The Bertz CT molecular complexity index is 326. The van der Waals surface area contributed by atoms with Gasteiger partial charge in [-0.05, 0) is 37.5 Å². The van der Waals surface area contributed by atoms with E-state index in [1.807, 2.05) is 13.0 Å². The van der Waals surface area contributed by atoms with E-state index in [4.69, 9.17) is 39.5 Å². The van der Waals surface area contributed by atoms with Gasteiger partial charge in [0.2, 0.25) is 0 Å². The minimum atomic E-state index is 0.564. The molecule has 0 N–H and O–H groups in total. The molecule has 4 heteroatoms. The number of aryl methyl sites for hydroxylation is 1. The Kier molecular flexibility index (Phi) is 5.59. The number of halogens is 3. The molecule has 0 heterocycles. The highest BCUT2D eigenvalue weighted by Crippen LogP contribution is 2.33. The van der Waals surface area contributed by atoms with Gasteiger partial charge >= 0.3 is 0 Å². The van der Waals surface area contributed by atoms with Gasteiger partial charge in [-0.3, -0.25) is 0 Å². The van der Waals surface area contributed by atoms with Crippen LogP contribution in [-0.2, 0) is 6.42 Å². The van der Waals surface area contributed by atoms with E-state index in [-0.39, 0.29) is 0 Å². The SMILES string of the molecule is CCOc1c(Cl)cc(Cl)cc1CCCCl. The van der Waals surface area contributed by atoms with Crippen LogP contribution in [0.5, 0.6) is 5.75 Å². The predicted molar refractivity (Wildman–Crippen MR) is 66.7 cm³/mol. The maximum atomic E-state index is 6.05. The fourth-order valence-electron chi connectivity index (χ4n) is 1.36. The molecule has 0 spiro atoms. The van der Waals surface area contributed by atoms with Crippen molar-refractivity contribution in [1.82, 2.24) is 0 Å². The van der Waals surface area contributed by atoms with Crippen LogP contribution in [0.15, 0.2) is 12.1 Å². The van der Waals surface area contributed by atoms with Gasteiger partial charge in [-0.1, -0.05) is 23.2 Å². The van der Waals surface area contributed by atoms with Crippen molar-refractivity contribution >= 4 is 34.8 Å². The van der Waals surface area contributed by atoms with Gasteiger partial charge in [-0.15, -0.1) is 11.6 Å². The maximum Gasteiger partial charge on any atom is 0.141 e. The molecule has 0 aliphatic heterocycles. The van der Waals surface area contributed by atoms with Crippen molar-refractivity contribution in [2.75, 3.05) is 12.5 Å².